The molecule has 0 spiro atoms. The monoisotopic (exact) mass is 392 g/mol. The molecule has 2 rings (SSSR count). The van der Waals surface area contributed by atoms with Crippen molar-refractivity contribution in [2.45, 2.75) is 19.6 Å². The van der Waals surface area contributed by atoms with E-state index in [2.05, 4.69) is 15.6 Å². The van der Waals surface area contributed by atoms with Gasteiger partial charge in [0.25, 0.3) is 5.91 Å². The van der Waals surface area contributed by atoms with Crippen LogP contribution in [0.5, 0.6) is 11.5 Å². The van der Waals surface area contributed by atoms with Crippen LogP contribution in [0.4, 0.5) is 13.2 Å². The molecule has 0 unspecified atom stereocenters. The van der Waals surface area contributed by atoms with E-state index in [1.807, 2.05) is 0 Å². The minimum atomic E-state index is -4.77. The van der Waals surface area contributed by atoms with Crippen molar-refractivity contribution in [3.05, 3.63) is 46.1 Å². The summed E-state index contributed by atoms with van der Waals surface area (Å²) in [6.45, 7) is 1.21. The predicted octanol–water partition coefficient (Wildman–Crippen LogP) is 3.14. The van der Waals surface area contributed by atoms with Crippen LogP contribution < -0.4 is 20.3 Å². The molecule has 1 aliphatic heterocycles. The molecule has 0 atom stereocenters. The first-order chi connectivity index (χ1) is 12.3. The van der Waals surface area contributed by atoms with E-state index < -0.39 is 28.4 Å². The number of ether oxygens (including phenoxy) is 2. The van der Waals surface area contributed by atoms with Crippen molar-refractivity contribution in [1.29, 1.82) is 0 Å². The highest BCUT2D eigenvalue weighted by Crippen LogP contribution is 2.34. The van der Waals surface area contributed by atoms with Crippen molar-refractivity contribution in [1.82, 2.24) is 10.8 Å². The average molecular weight is 393 g/mol. The maximum absolute atomic E-state index is 13.2. The molecular formula is C16H16ClF3N2O4. The lowest BCUT2D eigenvalue weighted by Gasteiger charge is -2.17. The second kappa shape index (κ2) is 8.33. The van der Waals surface area contributed by atoms with Crippen LogP contribution in [0.25, 0.3) is 0 Å². The number of allylic oxidation sites excluding steroid dienone is 1. The first-order valence-corrected chi connectivity index (χ1v) is 7.75. The third-order valence-corrected chi connectivity index (χ3v) is 3.66. The molecule has 0 aromatic heterocycles. The zero-order chi connectivity index (χ0) is 19.3. The highest BCUT2D eigenvalue weighted by Gasteiger charge is 2.39. The van der Waals surface area contributed by atoms with Gasteiger partial charge >= 0.3 is 6.18 Å². The Morgan fingerprint density at radius 2 is 2.04 bits per heavy atom. The fourth-order valence-electron chi connectivity index (χ4n) is 2.25. The van der Waals surface area contributed by atoms with Crippen LogP contribution in [0.15, 0.2) is 40.6 Å². The van der Waals surface area contributed by atoms with Crippen molar-refractivity contribution >= 4 is 17.5 Å². The Bertz CT molecular complexity index is 748. The van der Waals surface area contributed by atoms with E-state index in [0.717, 1.165) is 20.1 Å². The molecule has 1 aromatic rings. The van der Waals surface area contributed by atoms with Crippen LogP contribution in [0.1, 0.15) is 12.5 Å². The third-order valence-electron chi connectivity index (χ3n) is 3.39. The smallest absolute Gasteiger partial charge is 0.416 e. The maximum Gasteiger partial charge on any atom is 0.416 e. The van der Waals surface area contributed by atoms with E-state index in [0.29, 0.717) is 17.1 Å². The molecule has 1 aliphatic rings. The molecule has 1 amide bonds. The molecule has 26 heavy (non-hydrogen) atoms. The van der Waals surface area contributed by atoms with Gasteiger partial charge in [-0.25, -0.2) is 0 Å². The number of hydroxylamine groups is 1. The Kier molecular flexibility index (Phi) is 6.38. The number of alkyl halides is 3. The molecule has 0 saturated heterocycles. The van der Waals surface area contributed by atoms with E-state index in [4.69, 9.17) is 21.1 Å². The van der Waals surface area contributed by atoms with E-state index >= 15 is 0 Å². The van der Waals surface area contributed by atoms with E-state index in [-0.39, 0.29) is 13.3 Å². The van der Waals surface area contributed by atoms with Crippen molar-refractivity contribution < 1.29 is 32.3 Å². The first kappa shape index (κ1) is 19.9. The Morgan fingerprint density at radius 1 is 1.35 bits per heavy atom. The fourth-order valence-corrected chi connectivity index (χ4v) is 2.52. The SMILES string of the molecule is C/C=C(\C(C(=O)NCc1ccc2c(c1)OCO2)=C(\Cl)NOC)C(F)(F)F. The minimum Gasteiger partial charge on any atom is -0.454 e. The molecule has 1 aromatic carbocycles. The molecule has 0 fully saturated rings. The number of carbonyl (C=O) groups is 1. The zero-order valence-corrected chi connectivity index (χ0v) is 14.6. The second-order valence-electron chi connectivity index (χ2n) is 5.07. The summed E-state index contributed by atoms with van der Waals surface area (Å²) in [5.41, 5.74) is 0.711. The fraction of sp³-hybridized carbons (Fsp3) is 0.312. The summed E-state index contributed by atoms with van der Waals surface area (Å²) in [5, 5.41) is 1.82. The molecule has 0 radical (unpaired) electrons. The number of rotatable bonds is 6. The summed E-state index contributed by atoms with van der Waals surface area (Å²) in [6, 6.07) is 4.93. The van der Waals surface area contributed by atoms with Gasteiger partial charge < -0.3 is 14.8 Å². The Labute approximate surface area is 152 Å². The minimum absolute atomic E-state index is 0.0367. The molecule has 1 heterocycles. The van der Waals surface area contributed by atoms with Crippen LogP contribution in [-0.4, -0.2) is 26.0 Å². The Balaban J connectivity index is 2.20. The number of halogens is 4. The van der Waals surface area contributed by atoms with Gasteiger partial charge in [-0.3, -0.25) is 15.1 Å². The van der Waals surface area contributed by atoms with Crippen LogP contribution in [-0.2, 0) is 16.2 Å². The highest BCUT2D eigenvalue weighted by molar-refractivity contribution is 6.32. The molecule has 2 N–H and O–H groups in total. The van der Waals surface area contributed by atoms with Crippen LogP contribution in [0.2, 0.25) is 0 Å². The van der Waals surface area contributed by atoms with Gasteiger partial charge in [0.2, 0.25) is 6.79 Å². The average Bonchev–Trinajstić information content (AvgIpc) is 3.04. The largest absolute Gasteiger partial charge is 0.454 e. The van der Waals surface area contributed by atoms with Gasteiger partial charge in [-0.15, -0.1) is 0 Å². The van der Waals surface area contributed by atoms with Crippen molar-refractivity contribution in [2.75, 3.05) is 13.9 Å². The maximum atomic E-state index is 13.2. The Hall–Kier alpha value is -2.39. The van der Waals surface area contributed by atoms with Gasteiger partial charge in [0.05, 0.1) is 18.3 Å². The molecule has 0 saturated carbocycles. The number of benzene rings is 1. The van der Waals surface area contributed by atoms with Crippen LogP contribution >= 0.6 is 11.6 Å². The van der Waals surface area contributed by atoms with E-state index in [1.54, 1.807) is 18.2 Å². The lowest BCUT2D eigenvalue weighted by Crippen LogP contribution is -2.31. The third kappa shape index (κ3) is 4.61. The van der Waals surface area contributed by atoms with Gasteiger partial charge in [-0.1, -0.05) is 23.7 Å². The molecule has 142 valence electrons. The molecule has 6 nitrogen and oxygen atoms in total. The summed E-state index contributed by atoms with van der Waals surface area (Å²) >= 11 is 5.79. The summed E-state index contributed by atoms with van der Waals surface area (Å²) in [5.74, 6) is 0.0416. The quantitative estimate of drug-likeness (QED) is 0.337. The number of nitrogens with one attached hydrogen (secondary N) is 2. The standard InChI is InChI=1S/C16H16ClF3N2O4/c1-3-10(16(18,19)20)13(14(17)22-24-2)15(23)21-7-9-4-5-11-12(6-9)26-8-25-11/h3-6,22H,7-8H2,1-2H3,(H,21,23)/b10-3+,14-13+. The Morgan fingerprint density at radius 3 is 2.65 bits per heavy atom. The van der Waals surface area contributed by atoms with Crippen molar-refractivity contribution in [3.63, 3.8) is 0 Å². The highest BCUT2D eigenvalue weighted by atomic mass is 35.5. The number of fused-ring (bicyclic) bond motifs is 1. The molecule has 10 heteroatoms. The molecule has 0 bridgehead atoms. The summed E-state index contributed by atoms with van der Waals surface area (Å²) in [7, 11) is 1.16. The molecule has 0 aliphatic carbocycles. The van der Waals surface area contributed by atoms with Crippen LogP contribution in [0.3, 0.4) is 0 Å². The van der Waals surface area contributed by atoms with Gasteiger partial charge in [0.15, 0.2) is 11.5 Å². The van der Waals surface area contributed by atoms with Gasteiger partial charge in [-0.05, 0) is 24.6 Å². The number of carbonyl (C=O) groups excluding carboxylic acids is 1. The lowest BCUT2D eigenvalue weighted by molar-refractivity contribution is -0.120. The van der Waals surface area contributed by atoms with E-state index in [9.17, 15) is 18.0 Å². The summed E-state index contributed by atoms with van der Waals surface area (Å²) < 4.78 is 50.0. The molecular weight excluding hydrogens is 377 g/mol. The number of hydrogen-bond donors (Lipinski definition) is 2. The number of hydrogen-bond acceptors (Lipinski definition) is 5. The van der Waals surface area contributed by atoms with E-state index in [1.165, 1.54) is 0 Å². The van der Waals surface area contributed by atoms with Crippen molar-refractivity contribution in [2.24, 2.45) is 0 Å². The number of amides is 1. The normalized spacial score (nSPS) is 14.8. The summed E-state index contributed by atoms with van der Waals surface area (Å²) in [6.07, 6.45) is -4.01. The summed E-state index contributed by atoms with van der Waals surface area (Å²) in [4.78, 5) is 16.9. The second-order valence-corrected chi connectivity index (χ2v) is 5.44. The van der Waals surface area contributed by atoms with Gasteiger partial charge in [0.1, 0.15) is 5.16 Å². The zero-order valence-electron chi connectivity index (χ0n) is 13.9. The first-order valence-electron chi connectivity index (χ1n) is 7.37. The van der Waals surface area contributed by atoms with Crippen LogP contribution in [0, 0.1) is 0 Å². The lowest BCUT2D eigenvalue weighted by atomic mass is 10.1. The van der Waals surface area contributed by atoms with Gasteiger partial charge in [0, 0.05) is 6.54 Å². The van der Waals surface area contributed by atoms with Crippen molar-refractivity contribution in [3.8, 4) is 11.5 Å². The topological polar surface area (TPSA) is 68.8 Å². The van der Waals surface area contributed by atoms with Gasteiger partial charge in [-0.2, -0.15) is 13.2 Å². The predicted molar refractivity (Wildman–Crippen MR) is 87.2 cm³/mol.